The molecule has 0 unspecified atom stereocenters. The summed E-state index contributed by atoms with van der Waals surface area (Å²) < 4.78 is 13.9. The highest BCUT2D eigenvalue weighted by Crippen LogP contribution is 2.36. The van der Waals surface area contributed by atoms with Gasteiger partial charge in [-0.3, -0.25) is 4.90 Å². The molecule has 2 N–H and O–H groups in total. The minimum absolute atomic E-state index is 0. The standard InChI is InChI=1S/C13H16ClFN2O.2ClH/c1-2-11(17-7-5-16-6-8-17)12-10(15)4-3-9(14)13(12)18;;/h2-4,11,16,18H,1,5-8H2;2*1H/t11-;;/m1../s1. The molecule has 114 valence electrons. The number of nitrogens with one attached hydrogen (secondary N) is 1. The summed E-state index contributed by atoms with van der Waals surface area (Å²) in [4.78, 5) is 2.07. The van der Waals surface area contributed by atoms with Crippen LogP contribution in [0.25, 0.3) is 0 Å². The lowest BCUT2D eigenvalue weighted by Gasteiger charge is -2.33. The number of hydrogen-bond donors (Lipinski definition) is 2. The molecule has 0 aromatic heterocycles. The Morgan fingerprint density at radius 3 is 2.50 bits per heavy atom. The summed E-state index contributed by atoms with van der Waals surface area (Å²) in [7, 11) is 0. The monoisotopic (exact) mass is 342 g/mol. The predicted molar refractivity (Wildman–Crippen MR) is 85.0 cm³/mol. The van der Waals surface area contributed by atoms with E-state index in [2.05, 4.69) is 16.8 Å². The van der Waals surface area contributed by atoms with Gasteiger partial charge in [0.15, 0.2) is 0 Å². The van der Waals surface area contributed by atoms with Gasteiger partial charge in [0.25, 0.3) is 0 Å². The van der Waals surface area contributed by atoms with Gasteiger partial charge in [0.1, 0.15) is 11.6 Å². The minimum Gasteiger partial charge on any atom is -0.506 e. The number of piperazine rings is 1. The van der Waals surface area contributed by atoms with Crippen molar-refractivity contribution in [1.82, 2.24) is 10.2 Å². The Kier molecular flexibility index (Phi) is 8.47. The highest BCUT2D eigenvalue weighted by atomic mass is 35.5. The van der Waals surface area contributed by atoms with Gasteiger partial charge in [0.2, 0.25) is 0 Å². The molecule has 7 heteroatoms. The van der Waals surface area contributed by atoms with Gasteiger partial charge in [-0.05, 0) is 12.1 Å². The second kappa shape index (κ2) is 8.70. The van der Waals surface area contributed by atoms with Crippen LogP contribution in [0.15, 0.2) is 24.8 Å². The van der Waals surface area contributed by atoms with Crippen LogP contribution in [0, 0.1) is 5.82 Å². The number of aromatic hydroxyl groups is 1. The van der Waals surface area contributed by atoms with Crippen LogP contribution in [0.4, 0.5) is 4.39 Å². The fourth-order valence-corrected chi connectivity index (χ4v) is 2.41. The van der Waals surface area contributed by atoms with Gasteiger partial charge in [-0.1, -0.05) is 17.7 Å². The van der Waals surface area contributed by atoms with Gasteiger partial charge in [-0.15, -0.1) is 31.4 Å². The number of phenolic OH excluding ortho intramolecular Hbond substituents is 1. The Labute approximate surface area is 135 Å². The fourth-order valence-electron chi connectivity index (χ4n) is 2.25. The summed E-state index contributed by atoms with van der Waals surface area (Å²) in [6.07, 6.45) is 1.64. The van der Waals surface area contributed by atoms with Crippen molar-refractivity contribution in [3.63, 3.8) is 0 Å². The normalized spacial score (nSPS) is 16.7. The van der Waals surface area contributed by atoms with E-state index in [4.69, 9.17) is 11.6 Å². The van der Waals surface area contributed by atoms with Crippen LogP contribution in [0.1, 0.15) is 11.6 Å². The molecule has 0 spiro atoms. The maximum Gasteiger partial charge on any atom is 0.142 e. The first-order valence-electron chi connectivity index (χ1n) is 5.89. The Hall–Kier alpha value is -0.520. The Bertz CT molecular complexity index is 453. The molecule has 0 amide bonds. The van der Waals surface area contributed by atoms with Crippen LogP contribution in [0.5, 0.6) is 5.75 Å². The van der Waals surface area contributed by atoms with Crippen LogP contribution in [0.2, 0.25) is 5.02 Å². The number of phenols is 1. The Morgan fingerprint density at radius 2 is 1.95 bits per heavy atom. The van der Waals surface area contributed by atoms with Gasteiger partial charge in [0, 0.05) is 26.2 Å². The summed E-state index contributed by atoms with van der Waals surface area (Å²) in [6, 6.07) is 2.27. The third-order valence-corrected chi connectivity index (χ3v) is 3.48. The number of nitrogens with zero attached hydrogens (tertiary/aromatic N) is 1. The summed E-state index contributed by atoms with van der Waals surface area (Å²) >= 11 is 5.84. The molecule has 1 aliphatic rings. The summed E-state index contributed by atoms with van der Waals surface area (Å²) in [6.45, 7) is 6.98. The maximum atomic E-state index is 13.9. The van der Waals surface area contributed by atoms with Crippen molar-refractivity contribution in [2.75, 3.05) is 26.2 Å². The molecule has 1 saturated heterocycles. The fraction of sp³-hybridized carbons (Fsp3) is 0.385. The van der Waals surface area contributed by atoms with E-state index in [1.807, 2.05) is 0 Å². The van der Waals surface area contributed by atoms with Crippen LogP contribution in [0.3, 0.4) is 0 Å². The molecule has 0 bridgehead atoms. The lowest BCUT2D eigenvalue weighted by atomic mass is 10.0. The molecule has 1 fully saturated rings. The minimum atomic E-state index is -0.458. The van der Waals surface area contributed by atoms with Crippen LogP contribution in [-0.2, 0) is 0 Å². The van der Waals surface area contributed by atoms with Crippen LogP contribution < -0.4 is 5.32 Å². The molecule has 20 heavy (non-hydrogen) atoms. The Morgan fingerprint density at radius 1 is 1.35 bits per heavy atom. The van der Waals surface area contributed by atoms with E-state index >= 15 is 0 Å². The van der Waals surface area contributed by atoms with Crippen molar-refractivity contribution < 1.29 is 9.50 Å². The molecular formula is C13H18Cl3FN2O. The van der Waals surface area contributed by atoms with E-state index in [-0.39, 0.29) is 47.2 Å². The highest BCUT2D eigenvalue weighted by molar-refractivity contribution is 6.32. The van der Waals surface area contributed by atoms with Gasteiger partial charge in [-0.2, -0.15) is 0 Å². The topological polar surface area (TPSA) is 35.5 Å². The average Bonchev–Trinajstić information content (AvgIpc) is 2.40. The average molecular weight is 344 g/mol. The third-order valence-electron chi connectivity index (χ3n) is 3.18. The number of benzene rings is 1. The van der Waals surface area contributed by atoms with Crippen molar-refractivity contribution in [1.29, 1.82) is 0 Å². The first-order chi connectivity index (χ1) is 8.65. The quantitative estimate of drug-likeness (QED) is 0.828. The van der Waals surface area contributed by atoms with Crippen molar-refractivity contribution >= 4 is 36.4 Å². The second-order valence-corrected chi connectivity index (χ2v) is 4.67. The number of hydrogen-bond acceptors (Lipinski definition) is 3. The second-order valence-electron chi connectivity index (χ2n) is 4.26. The zero-order valence-corrected chi connectivity index (χ0v) is 13.2. The van der Waals surface area contributed by atoms with Crippen LogP contribution >= 0.6 is 36.4 Å². The number of halogens is 4. The maximum absolute atomic E-state index is 13.9. The molecule has 0 radical (unpaired) electrons. The van der Waals surface area contributed by atoms with E-state index < -0.39 is 5.82 Å². The number of rotatable bonds is 3. The van der Waals surface area contributed by atoms with Gasteiger partial charge in [-0.25, -0.2) is 4.39 Å². The molecule has 1 aromatic carbocycles. The largest absolute Gasteiger partial charge is 0.506 e. The van der Waals surface area contributed by atoms with E-state index in [9.17, 15) is 9.50 Å². The lowest BCUT2D eigenvalue weighted by Crippen LogP contribution is -2.44. The first kappa shape index (κ1) is 19.5. The highest BCUT2D eigenvalue weighted by Gasteiger charge is 2.25. The van der Waals surface area contributed by atoms with Crippen molar-refractivity contribution in [2.24, 2.45) is 0 Å². The Balaban J connectivity index is 0.00000180. The smallest absolute Gasteiger partial charge is 0.142 e. The van der Waals surface area contributed by atoms with Gasteiger partial charge in [0.05, 0.1) is 16.6 Å². The first-order valence-corrected chi connectivity index (χ1v) is 6.27. The van der Waals surface area contributed by atoms with Crippen LogP contribution in [-0.4, -0.2) is 36.2 Å². The lowest BCUT2D eigenvalue weighted by molar-refractivity contribution is 0.197. The SMILES string of the molecule is C=C[C@H](c1c(F)ccc(Cl)c1O)N1CCNCC1.Cl.Cl. The molecule has 1 heterocycles. The molecule has 0 saturated carbocycles. The van der Waals surface area contributed by atoms with E-state index in [1.54, 1.807) is 6.08 Å². The van der Waals surface area contributed by atoms with E-state index in [0.29, 0.717) is 0 Å². The van der Waals surface area contributed by atoms with E-state index in [0.717, 1.165) is 26.2 Å². The molecule has 1 aliphatic heterocycles. The van der Waals surface area contributed by atoms with Gasteiger partial charge >= 0.3 is 0 Å². The molecule has 1 atom stereocenters. The van der Waals surface area contributed by atoms with Crippen molar-refractivity contribution in [3.05, 3.63) is 41.2 Å². The molecular weight excluding hydrogens is 326 g/mol. The summed E-state index contributed by atoms with van der Waals surface area (Å²) in [5, 5.41) is 13.3. The van der Waals surface area contributed by atoms with Crippen molar-refractivity contribution in [2.45, 2.75) is 6.04 Å². The molecule has 1 aromatic rings. The predicted octanol–water partition coefficient (Wildman–Crippen LogP) is 3.16. The van der Waals surface area contributed by atoms with Gasteiger partial charge < -0.3 is 10.4 Å². The zero-order valence-electron chi connectivity index (χ0n) is 10.8. The molecule has 3 nitrogen and oxygen atoms in total. The zero-order chi connectivity index (χ0) is 13.1. The van der Waals surface area contributed by atoms with Crippen molar-refractivity contribution in [3.8, 4) is 5.75 Å². The molecule has 2 rings (SSSR count). The van der Waals surface area contributed by atoms with E-state index in [1.165, 1.54) is 12.1 Å². The third kappa shape index (κ3) is 3.99. The molecule has 0 aliphatic carbocycles. The summed E-state index contributed by atoms with van der Waals surface area (Å²) in [5.74, 6) is -0.652. The summed E-state index contributed by atoms with van der Waals surface area (Å²) in [5.41, 5.74) is 0.208.